The van der Waals surface area contributed by atoms with Crippen LogP contribution in [-0.4, -0.2) is 21.3 Å². The highest BCUT2D eigenvalue weighted by Gasteiger charge is 2.26. The summed E-state index contributed by atoms with van der Waals surface area (Å²) in [5, 5.41) is 16.3. The molecule has 0 fully saturated rings. The Kier molecular flexibility index (Phi) is 2.75. The van der Waals surface area contributed by atoms with E-state index in [1.165, 1.54) is 6.42 Å². The summed E-state index contributed by atoms with van der Waals surface area (Å²) in [4.78, 5) is 11.1. The molecule has 1 atom stereocenters. The van der Waals surface area contributed by atoms with Gasteiger partial charge >= 0.3 is 5.97 Å². The number of aryl methyl sites for hydroxylation is 1. The van der Waals surface area contributed by atoms with Gasteiger partial charge in [-0.05, 0) is 37.7 Å². The third-order valence-corrected chi connectivity index (χ3v) is 3.12. The van der Waals surface area contributed by atoms with Crippen molar-refractivity contribution in [2.75, 3.05) is 0 Å². The van der Waals surface area contributed by atoms with Crippen LogP contribution in [0.4, 0.5) is 0 Å². The predicted molar refractivity (Wildman–Crippen MR) is 55.9 cm³/mol. The van der Waals surface area contributed by atoms with Crippen molar-refractivity contribution in [2.24, 2.45) is 0 Å². The molecule has 0 saturated carbocycles. The van der Waals surface area contributed by atoms with Crippen LogP contribution in [0, 0.1) is 0 Å². The highest BCUT2D eigenvalue weighted by atomic mass is 16.4. The molecule has 0 bridgehead atoms. The Morgan fingerprint density at radius 3 is 2.93 bits per heavy atom. The minimum absolute atomic E-state index is 0.442. The average Bonchev–Trinajstić information content (AvgIpc) is 2.63. The number of hydrogen-bond donors (Lipinski definition) is 2. The van der Waals surface area contributed by atoms with E-state index >= 15 is 0 Å². The monoisotopic (exact) mass is 208 g/mol. The lowest BCUT2D eigenvalue weighted by molar-refractivity contribution is -0.139. The summed E-state index contributed by atoms with van der Waals surface area (Å²) in [5.74, 6) is -1.21. The van der Waals surface area contributed by atoms with Crippen molar-refractivity contribution in [2.45, 2.75) is 44.9 Å². The van der Waals surface area contributed by atoms with Crippen molar-refractivity contribution >= 4 is 5.97 Å². The van der Waals surface area contributed by atoms with Gasteiger partial charge in [-0.15, -0.1) is 0 Å². The van der Waals surface area contributed by atoms with E-state index in [1.807, 2.05) is 6.92 Å². The standard InChI is InChI=1S/C11H16N2O2/c1-2-7(11(14)15)10-8-5-3-4-6-9(8)12-13-10/h7H,2-6H2,1H3,(H,12,13)(H,14,15). The second-order valence-electron chi connectivity index (χ2n) is 4.07. The topological polar surface area (TPSA) is 66.0 Å². The first-order valence-corrected chi connectivity index (χ1v) is 5.52. The van der Waals surface area contributed by atoms with E-state index in [0.717, 1.165) is 36.2 Å². The van der Waals surface area contributed by atoms with Gasteiger partial charge in [-0.25, -0.2) is 0 Å². The molecule has 0 aliphatic heterocycles. The summed E-state index contributed by atoms with van der Waals surface area (Å²) >= 11 is 0. The van der Waals surface area contributed by atoms with Crippen molar-refractivity contribution in [3.05, 3.63) is 17.0 Å². The van der Waals surface area contributed by atoms with Gasteiger partial charge in [0, 0.05) is 5.69 Å². The number of nitrogens with zero attached hydrogens (tertiary/aromatic N) is 1. The number of aliphatic carboxylic acids is 1. The minimum atomic E-state index is -0.766. The lowest BCUT2D eigenvalue weighted by atomic mass is 9.90. The van der Waals surface area contributed by atoms with E-state index in [4.69, 9.17) is 5.11 Å². The summed E-state index contributed by atoms with van der Waals surface area (Å²) < 4.78 is 0. The Balaban J connectivity index is 2.35. The van der Waals surface area contributed by atoms with Gasteiger partial charge in [0.2, 0.25) is 0 Å². The van der Waals surface area contributed by atoms with Crippen LogP contribution in [-0.2, 0) is 17.6 Å². The fourth-order valence-electron chi connectivity index (χ4n) is 2.28. The summed E-state index contributed by atoms with van der Waals surface area (Å²) in [7, 11) is 0. The van der Waals surface area contributed by atoms with Crippen LogP contribution in [0.15, 0.2) is 0 Å². The number of H-pyrrole nitrogens is 1. The number of aromatic amines is 1. The fourth-order valence-corrected chi connectivity index (χ4v) is 2.28. The average molecular weight is 208 g/mol. The minimum Gasteiger partial charge on any atom is -0.481 e. The Morgan fingerprint density at radius 1 is 1.53 bits per heavy atom. The molecule has 15 heavy (non-hydrogen) atoms. The quantitative estimate of drug-likeness (QED) is 0.796. The van der Waals surface area contributed by atoms with Crippen LogP contribution in [0.5, 0.6) is 0 Å². The molecule has 0 amide bonds. The highest BCUT2D eigenvalue weighted by molar-refractivity contribution is 5.76. The smallest absolute Gasteiger partial charge is 0.312 e. The van der Waals surface area contributed by atoms with E-state index < -0.39 is 11.9 Å². The molecule has 1 aromatic rings. The maximum atomic E-state index is 11.1. The van der Waals surface area contributed by atoms with Gasteiger partial charge in [0.1, 0.15) is 5.92 Å². The van der Waals surface area contributed by atoms with Gasteiger partial charge in [0.25, 0.3) is 0 Å². The summed E-state index contributed by atoms with van der Waals surface area (Å²) in [6, 6.07) is 0. The van der Waals surface area contributed by atoms with E-state index in [2.05, 4.69) is 10.2 Å². The molecule has 82 valence electrons. The summed E-state index contributed by atoms with van der Waals surface area (Å²) in [6.07, 6.45) is 4.92. The van der Waals surface area contributed by atoms with Crippen LogP contribution in [0.1, 0.15) is 49.1 Å². The van der Waals surface area contributed by atoms with E-state index in [9.17, 15) is 4.79 Å². The van der Waals surface area contributed by atoms with Crippen LogP contribution < -0.4 is 0 Å². The van der Waals surface area contributed by atoms with Gasteiger partial charge in [-0.3, -0.25) is 9.89 Å². The van der Waals surface area contributed by atoms with Crippen LogP contribution >= 0.6 is 0 Å². The van der Waals surface area contributed by atoms with Gasteiger partial charge in [0.05, 0.1) is 5.69 Å². The van der Waals surface area contributed by atoms with Gasteiger partial charge in [-0.2, -0.15) is 5.10 Å². The van der Waals surface area contributed by atoms with Crippen molar-refractivity contribution < 1.29 is 9.90 Å². The van der Waals surface area contributed by atoms with E-state index in [-0.39, 0.29) is 0 Å². The largest absolute Gasteiger partial charge is 0.481 e. The molecule has 1 aliphatic rings. The molecular weight excluding hydrogens is 192 g/mol. The van der Waals surface area contributed by atoms with Crippen molar-refractivity contribution in [1.29, 1.82) is 0 Å². The molecule has 1 unspecified atom stereocenters. The molecule has 1 aromatic heterocycles. The molecule has 4 heteroatoms. The third-order valence-electron chi connectivity index (χ3n) is 3.12. The first kappa shape index (κ1) is 10.2. The first-order chi connectivity index (χ1) is 7.24. The van der Waals surface area contributed by atoms with Gasteiger partial charge in [0.15, 0.2) is 0 Å². The van der Waals surface area contributed by atoms with Crippen molar-refractivity contribution in [3.63, 3.8) is 0 Å². The van der Waals surface area contributed by atoms with Crippen LogP contribution in [0.2, 0.25) is 0 Å². The first-order valence-electron chi connectivity index (χ1n) is 5.52. The molecular formula is C11H16N2O2. The molecule has 0 radical (unpaired) electrons. The fraction of sp³-hybridized carbons (Fsp3) is 0.636. The van der Waals surface area contributed by atoms with E-state index in [0.29, 0.717) is 6.42 Å². The normalized spacial score (nSPS) is 17.1. The lowest BCUT2D eigenvalue weighted by Crippen LogP contribution is -2.14. The van der Waals surface area contributed by atoms with Crippen molar-refractivity contribution in [3.8, 4) is 0 Å². The molecule has 0 saturated heterocycles. The second kappa shape index (κ2) is 4.04. The number of carboxylic acid groups (broad SMARTS) is 1. The van der Waals surface area contributed by atoms with Crippen molar-refractivity contribution in [1.82, 2.24) is 10.2 Å². The molecule has 0 aromatic carbocycles. The zero-order valence-electron chi connectivity index (χ0n) is 8.92. The number of nitrogens with one attached hydrogen (secondary N) is 1. The van der Waals surface area contributed by atoms with Crippen LogP contribution in [0.25, 0.3) is 0 Å². The number of aromatic nitrogens is 2. The SMILES string of the molecule is CCC(C(=O)O)c1n[nH]c2c1CCCC2. The zero-order valence-corrected chi connectivity index (χ0v) is 8.92. The second-order valence-corrected chi connectivity index (χ2v) is 4.07. The summed E-state index contributed by atoms with van der Waals surface area (Å²) in [5.41, 5.74) is 3.08. The number of fused-ring (bicyclic) bond motifs is 1. The Hall–Kier alpha value is -1.32. The van der Waals surface area contributed by atoms with Crippen LogP contribution in [0.3, 0.4) is 0 Å². The lowest BCUT2D eigenvalue weighted by Gasteiger charge is -2.13. The molecule has 1 heterocycles. The predicted octanol–water partition coefficient (Wildman–Crippen LogP) is 1.87. The number of carbonyl (C=O) groups is 1. The van der Waals surface area contributed by atoms with Gasteiger partial charge in [-0.1, -0.05) is 6.92 Å². The summed E-state index contributed by atoms with van der Waals surface area (Å²) in [6.45, 7) is 1.89. The van der Waals surface area contributed by atoms with Gasteiger partial charge < -0.3 is 5.11 Å². The maximum Gasteiger partial charge on any atom is 0.312 e. The third kappa shape index (κ3) is 1.76. The Labute approximate surface area is 88.7 Å². The Bertz CT molecular complexity index is 371. The molecule has 4 nitrogen and oxygen atoms in total. The number of rotatable bonds is 3. The Morgan fingerprint density at radius 2 is 2.27 bits per heavy atom. The molecule has 1 aliphatic carbocycles. The molecule has 2 N–H and O–H groups in total. The number of carboxylic acids is 1. The van der Waals surface area contributed by atoms with E-state index in [1.54, 1.807) is 0 Å². The number of hydrogen-bond acceptors (Lipinski definition) is 2. The maximum absolute atomic E-state index is 11.1. The highest BCUT2D eigenvalue weighted by Crippen LogP contribution is 2.28. The zero-order chi connectivity index (χ0) is 10.8. The molecule has 2 rings (SSSR count). The molecule has 0 spiro atoms.